The second-order valence-corrected chi connectivity index (χ2v) is 14.3. The Morgan fingerprint density at radius 1 is 0.568 bits per heavy atom. The summed E-state index contributed by atoms with van der Waals surface area (Å²) in [5, 5.41) is 0. The molecule has 4 aliphatic rings. The maximum atomic E-state index is 5.04. The van der Waals surface area contributed by atoms with E-state index >= 15 is 0 Å². The molecule has 6 nitrogen and oxygen atoms in total. The van der Waals surface area contributed by atoms with Crippen molar-refractivity contribution in [1.29, 1.82) is 0 Å². The van der Waals surface area contributed by atoms with Gasteiger partial charge >= 0.3 is 0 Å². The van der Waals surface area contributed by atoms with Crippen LogP contribution in [-0.2, 0) is 0 Å². The molecule has 0 radical (unpaired) electrons. The average Bonchev–Trinajstić information content (AvgIpc) is 3.86. The Balaban J connectivity index is 0.961. The summed E-state index contributed by atoms with van der Waals surface area (Å²) >= 11 is 0. The first-order valence-electron chi connectivity index (χ1n) is 17.7. The van der Waals surface area contributed by atoms with E-state index in [9.17, 15) is 0 Å². The fraction of sp³-hybridized carbons (Fsp3) is 0.579. The molecule has 2 aromatic heterocycles. The van der Waals surface area contributed by atoms with E-state index in [4.69, 9.17) is 9.97 Å². The van der Waals surface area contributed by atoms with Crippen molar-refractivity contribution in [3.8, 4) is 11.8 Å². The third kappa shape index (κ3) is 6.06. The van der Waals surface area contributed by atoms with Gasteiger partial charge < -0.3 is 9.97 Å². The molecule has 230 valence electrons. The zero-order valence-electron chi connectivity index (χ0n) is 26.3. The van der Waals surface area contributed by atoms with Gasteiger partial charge in [0.1, 0.15) is 11.6 Å². The van der Waals surface area contributed by atoms with Crippen molar-refractivity contribution in [2.24, 2.45) is 11.8 Å². The molecule has 0 unspecified atom stereocenters. The number of hydrogen-bond acceptors (Lipinski definition) is 4. The molecule has 2 saturated carbocycles. The Hall–Kier alpha value is -3.14. The second-order valence-electron chi connectivity index (χ2n) is 14.3. The molecule has 2 saturated heterocycles. The van der Waals surface area contributed by atoms with Crippen LogP contribution in [-0.4, -0.2) is 55.9 Å². The first kappa shape index (κ1) is 28.3. The van der Waals surface area contributed by atoms with Crippen molar-refractivity contribution in [2.75, 3.05) is 26.2 Å². The number of aromatic amines is 2. The maximum Gasteiger partial charge on any atom is 0.124 e. The van der Waals surface area contributed by atoms with Gasteiger partial charge in [-0.1, -0.05) is 50.4 Å². The Labute approximate surface area is 262 Å². The highest BCUT2D eigenvalue weighted by Crippen LogP contribution is 2.36. The van der Waals surface area contributed by atoms with Gasteiger partial charge in [0.05, 0.1) is 34.2 Å². The molecular weight excluding hydrogens is 540 g/mol. The van der Waals surface area contributed by atoms with Gasteiger partial charge in [-0.15, -0.1) is 0 Å². The van der Waals surface area contributed by atoms with Crippen LogP contribution in [0.25, 0.3) is 22.1 Å². The van der Waals surface area contributed by atoms with Crippen LogP contribution < -0.4 is 0 Å². The fourth-order valence-electron chi connectivity index (χ4n) is 8.79. The predicted molar refractivity (Wildman–Crippen MR) is 178 cm³/mol. The lowest BCUT2D eigenvalue weighted by Crippen LogP contribution is -2.30. The normalized spacial score (nSPS) is 24.4. The van der Waals surface area contributed by atoms with Crippen LogP contribution in [0.1, 0.15) is 125 Å². The van der Waals surface area contributed by atoms with Crippen LogP contribution in [0.2, 0.25) is 0 Å². The largest absolute Gasteiger partial charge is 0.341 e. The van der Waals surface area contributed by atoms with Gasteiger partial charge in [-0.3, -0.25) is 9.80 Å². The molecular formula is C38H48N6. The molecule has 8 rings (SSSR count). The lowest BCUT2D eigenvalue weighted by Gasteiger charge is -2.30. The van der Waals surface area contributed by atoms with E-state index in [-0.39, 0.29) is 0 Å². The number of imidazole rings is 2. The zero-order chi connectivity index (χ0) is 29.3. The van der Waals surface area contributed by atoms with Crippen molar-refractivity contribution in [1.82, 2.24) is 29.7 Å². The maximum absolute atomic E-state index is 5.04. The van der Waals surface area contributed by atoms with Crippen molar-refractivity contribution in [3.05, 3.63) is 59.2 Å². The summed E-state index contributed by atoms with van der Waals surface area (Å²) in [7, 11) is 0. The first-order valence-corrected chi connectivity index (χ1v) is 17.7. The van der Waals surface area contributed by atoms with Gasteiger partial charge in [0.2, 0.25) is 0 Å². The Morgan fingerprint density at radius 3 is 1.48 bits per heavy atom. The van der Waals surface area contributed by atoms with Gasteiger partial charge in [-0.05, 0) is 113 Å². The summed E-state index contributed by atoms with van der Waals surface area (Å²) in [5.74, 6) is 10.9. The van der Waals surface area contributed by atoms with Gasteiger partial charge in [0, 0.05) is 24.2 Å². The van der Waals surface area contributed by atoms with Gasteiger partial charge in [0.25, 0.3) is 0 Å². The SMILES string of the molecule is C(#Cc1ccc2nc([C@@H]3CCCN3CC3CCCCC3)[nH]c2c1)c1ccc2nc([C@@H]3CCCN3CC3CCCCC3)[nH]c2c1. The average molecular weight is 589 g/mol. The van der Waals surface area contributed by atoms with E-state index in [0.29, 0.717) is 12.1 Å². The van der Waals surface area contributed by atoms with E-state index in [2.05, 4.69) is 68.0 Å². The Morgan fingerprint density at radius 2 is 1.02 bits per heavy atom. The molecule has 0 bridgehead atoms. The van der Waals surface area contributed by atoms with Gasteiger partial charge in [-0.25, -0.2) is 9.97 Å². The number of fused-ring (bicyclic) bond motifs is 2. The molecule has 4 aromatic rings. The summed E-state index contributed by atoms with van der Waals surface area (Å²) in [6, 6.07) is 13.7. The number of benzene rings is 2. The van der Waals surface area contributed by atoms with Crippen LogP contribution in [0.4, 0.5) is 0 Å². The molecule has 2 aliphatic carbocycles. The monoisotopic (exact) mass is 588 g/mol. The van der Waals surface area contributed by atoms with E-state index in [1.54, 1.807) is 0 Å². The van der Waals surface area contributed by atoms with Crippen molar-refractivity contribution in [2.45, 2.75) is 102 Å². The number of hydrogen-bond donors (Lipinski definition) is 2. The number of rotatable bonds is 6. The van der Waals surface area contributed by atoms with Crippen molar-refractivity contribution >= 4 is 22.1 Å². The number of nitrogens with zero attached hydrogens (tertiary/aromatic N) is 4. The quantitative estimate of drug-likeness (QED) is 0.223. The molecule has 2 aromatic carbocycles. The summed E-state index contributed by atoms with van der Waals surface area (Å²) in [5.41, 5.74) is 6.33. The Bertz CT molecular complexity index is 1520. The minimum absolute atomic E-state index is 0.424. The Kier molecular flexibility index (Phi) is 8.18. The summed E-state index contributed by atoms with van der Waals surface area (Å²) in [6.45, 7) is 4.88. The second kappa shape index (κ2) is 12.7. The third-order valence-electron chi connectivity index (χ3n) is 11.1. The van der Waals surface area contributed by atoms with Crippen LogP contribution in [0.3, 0.4) is 0 Å². The first-order chi connectivity index (χ1) is 21.7. The molecule has 4 fully saturated rings. The number of likely N-dealkylation sites (tertiary alicyclic amines) is 2. The van der Waals surface area contributed by atoms with Crippen LogP contribution in [0.15, 0.2) is 36.4 Å². The minimum atomic E-state index is 0.424. The van der Waals surface area contributed by atoms with E-state index in [0.717, 1.165) is 56.7 Å². The summed E-state index contributed by atoms with van der Waals surface area (Å²) in [6.07, 6.45) is 19.0. The van der Waals surface area contributed by atoms with E-state index in [1.807, 2.05) is 0 Å². The molecule has 4 heterocycles. The molecule has 6 heteroatoms. The number of aromatic nitrogens is 4. The summed E-state index contributed by atoms with van der Waals surface area (Å²) < 4.78 is 0. The highest BCUT2D eigenvalue weighted by molar-refractivity contribution is 5.78. The lowest BCUT2D eigenvalue weighted by atomic mass is 9.89. The molecule has 44 heavy (non-hydrogen) atoms. The topological polar surface area (TPSA) is 63.8 Å². The fourth-order valence-corrected chi connectivity index (χ4v) is 8.79. The summed E-state index contributed by atoms with van der Waals surface area (Å²) in [4.78, 5) is 22.9. The van der Waals surface area contributed by atoms with Crippen molar-refractivity contribution < 1.29 is 0 Å². The molecule has 0 amide bonds. The number of nitrogens with one attached hydrogen (secondary N) is 2. The molecule has 2 atom stereocenters. The predicted octanol–water partition coefficient (Wildman–Crippen LogP) is 8.27. The van der Waals surface area contributed by atoms with Crippen LogP contribution >= 0.6 is 0 Å². The third-order valence-corrected chi connectivity index (χ3v) is 11.1. The number of H-pyrrole nitrogens is 2. The zero-order valence-corrected chi connectivity index (χ0v) is 26.3. The molecule has 0 spiro atoms. The molecule has 2 N–H and O–H groups in total. The highest BCUT2D eigenvalue weighted by Gasteiger charge is 2.32. The van der Waals surface area contributed by atoms with Crippen molar-refractivity contribution in [3.63, 3.8) is 0 Å². The lowest BCUT2D eigenvalue weighted by molar-refractivity contribution is 0.184. The minimum Gasteiger partial charge on any atom is -0.341 e. The van der Waals surface area contributed by atoms with Crippen LogP contribution in [0.5, 0.6) is 0 Å². The van der Waals surface area contributed by atoms with E-state index in [1.165, 1.54) is 116 Å². The van der Waals surface area contributed by atoms with E-state index < -0.39 is 0 Å². The highest BCUT2D eigenvalue weighted by atomic mass is 15.2. The standard InChI is InChI=1S/C38H48N6/c1-3-9-29(10-4-1)25-43-21-7-13-35(43)37-39-31-19-17-27(23-33(31)41-37)15-16-28-18-20-32-34(24-28)42-38(40-32)36-14-8-22-44(36)26-30-11-5-2-6-12-30/h17-20,23-24,29-30,35-36H,1-14,21-22,25-26H2,(H,39,41)(H,40,42)/t35-,36-/m0/s1. The van der Waals surface area contributed by atoms with Gasteiger partial charge in [0.15, 0.2) is 0 Å². The smallest absolute Gasteiger partial charge is 0.124 e. The van der Waals surface area contributed by atoms with Crippen LogP contribution in [0, 0.1) is 23.7 Å². The van der Waals surface area contributed by atoms with Gasteiger partial charge in [-0.2, -0.15) is 0 Å². The molecule has 2 aliphatic heterocycles.